The number of carbonyl (C=O) groups excluding carboxylic acids is 3. The van der Waals surface area contributed by atoms with Crippen LogP contribution in [-0.4, -0.2) is 36.6 Å². The van der Waals surface area contributed by atoms with Gasteiger partial charge in [-0.25, -0.2) is 9.59 Å². The van der Waals surface area contributed by atoms with Crippen molar-refractivity contribution < 1.29 is 19.1 Å². The minimum absolute atomic E-state index is 0.0354. The van der Waals surface area contributed by atoms with E-state index in [1.807, 2.05) is 45.0 Å². The maximum atomic E-state index is 12.6. The first-order valence-corrected chi connectivity index (χ1v) is 10.1. The monoisotopic (exact) mass is 409 g/mol. The number of fused-ring (bicyclic) bond motifs is 1. The van der Waals surface area contributed by atoms with Crippen LogP contribution < -0.4 is 15.5 Å². The molecule has 0 radical (unpaired) electrons. The molecule has 0 fully saturated rings. The number of anilines is 1. The SMILES string of the molecule is CC(C)NC(=O)NCc1ccc(C(=O)OCC(=O)N2c3ccccc3C[C@@H]2C)cc1. The zero-order chi connectivity index (χ0) is 21.7. The van der Waals surface area contributed by atoms with Crippen molar-refractivity contribution in [2.24, 2.45) is 0 Å². The largest absolute Gasteiger partial charge is 0.452 e. The molecule has 0 aliphatic carbocycles. The normalized spacial score (nSPS) is 14.9. The predicted octanol–water partition coefficient (Wildman–Crippen LogP) is 3.03. The molecule has 2 N–H and O–H groups in total. The number of rotatable bonds is 6. The second-order valence-electron chi connectivity index (χ2n) is 7.70. The lowest BCUT2D eigenvalue weighted by Gasteiger charge is -2.22. The van der Waals surface area contributed by atoms with Crippen molar-refractivity contribution in [3.05, 3.63) is 65.2 Å². The van der Waals surface area contributed by atoms with E-state index in [1.165, 1.54) is 0 Å². The highest BCUT2D eigenvalue weighted by molar-refractivity contribution is 5.99. The highest BCUT2D eigenvalue weighted by atomic mass is 16.5. The van der Waals surface area contributed by atoms with E-state index >= 15 is 0 Å². The van der Waals surface area contributed by atoms with Crippen molar-refractivity contribution in [2.75, 3.05) is 11.5 Å². The van der Waals surface area contributed by atoms with Crippen molar-refractivity contribution in [1.29, 1.82) is 0 Å². The molecule has 2 aromatic rings. The Kier molecular flexibility index (Phi) is 6.72. The van der Waals surface area contributed by atoms with E-state index in [-0.39, 0.29) is 30.6 Å². The number of nitrogens with zero attached hydrogens (tertiary/aromatic N) is 1. The van der Waals surface area contributed by atoms with Crippen molar-refractivity contribution in [3.63, 3.8) is 0 Å². The van der Waals surface area contributed by atoms with Crippen LogP contribution in [-0.2, 0) is 22.5 Å². The van der Waals surface area contributed by atoms with Gasteiger partial charge in [0.1, 0.15) is 0 Å². The molecule has 0 saturated carbocycles. The molecular formula is C23H27N3O4. The highest BCUT2D eigenvalue weighted by Crippen LogP contribution is 2.31. The third kappa shape index (κ3) is 5.17. The lowest BCUT2D eigenvalue weighted by atomic mass is 10.1. The molecule has 30 heavy (non-hydrogen) atoms. The fourth-order valence-electron chi connectivity index (χ4n) is 3.48. The first-order chi connectivity index (χ1) is 14.3. The molecule has 0 spiro atoms. The molecule has 0 bridgehead atoms. The molecule has 7 nitrogen and oxygen atoms in total. The van der Waals surface area contributed by atoms with Crippen LogP contribution >= 0.6 is 0 Å². The van der Waals surface area contributed by atoms with Gasteiger partial charge >= 0.3 is 12.0 Å². The minimum atomic E-state index is -0.555. The van der Waals surface area contributed by atoms with E-state index in [2.05, 4.69) is 10.6 Å². The number of hydrogen-bond acceptors (Lipinski definition) is 4. The van der Waals surface area contributed by atoms with Gasteiger partial charge < -0.3 is 20.3 Å². The van der Waals surface area contributed by atoms with Crippen molar-refractivity contribution in [2.45, 2.75) is 45.8 Å². The summed E-state index contributed by atoms with van der Waals surface area (Å²) in [5, 5.41) is 5.49. The Hall–Kier alpha value is -3.35. The van der Waals surface area contributed by atoms with Gasteiger partial charge in [0.15, 0.2) is 6.61 Å². The minimum Gasteiger partial charge on any atom is -0.452 e. The molecule has 2 aromatic carbocycles. The van der Waals surface area contributed by atoms with Crippen LogP contribution in [0.1, 0.15) is 42.3 Å². The summed E-state index contributed by atoms with van der Waals surface area (Å²) in [5.74, 6) is -0.793. The summed E-state index contributed by atoms with van der Waals surface area (Å²) in [5.41, 5.74) is 3.21. The fourth-order valence-corrected chi connectivity index (χ4v) is 3.48. The lowest BCUT2D eigenvalue weighted by molar-refractivity contribution is -0.122. The van der Waals surface area contributed by atoms with E-state index in [1.54, 1.807) is 29.2 Å². The molecule has 7 heteroatoms. The standard InChI is InChI=1S/C23H27N3O4/c1-15(2)25-23(29)24-13-17-8-10-18(11-9-17)22(28)30-14-21(27)26-16(3)12-19-6-4-5-7-20(19)26/h4-11,15-16H,12-14H2,1-3H3,(H2,24,25,29)/t16-/m0/s1. The number of amides is 3. The third-order valence-electron chi connectivity index (χ3n) is 4.87. The maximum absolute atomic E-state index is 12.6. The molecule has 3 amide bonds. The summed E-state index contributed by atoms with van der Waals surface area (Å²) >= 11 is 0. The molecule has 1 atom stereocenters. The van der Waals surface area contributed by atoms with E-state index in [9.17, 15) is 14.4 Å². The summed E-state index contributed by atoms with van der Waals surface area (Å²) in [4.78, 5) is 38.3. The van der Waals surface area contributed by atoms with Gasteiger partial charge in [-0.1, -0.05) is 30.3 Å². The molecule has 158 valence electrons. The summed E-state index contributed by atoms with van der Waals surface area (Å²) in [6, 6.07) is 14.3. The Bertz CT molecular complexity index is 924. The van der Waals surface area contributed by atoms with Crippen molar-refractivity contribution >= 4 is 23.6 Å². The summed E-state index contributed by atoms with van der Waals surface area (Å²) in [7, 11) is 0. The van der Waals surface area contributed by atoms with E-state index < -0.39 is 5.97 Å². The highest BCUT2D eigenvalue weighted by Gasteiger charge is 2.31. The average molecular weight is 409 g/mol. The van der Waals surface area contributed by atoms with Crippen LogP contribution in [0.25, 0.3) is 0 Å². The number of para-hydroxylation sites is 1. The van der Waals surface area contributed by atoms with Crippen LogP contribution in [0.2, 0.25) is 0 Å². The zero-order valence-corrected chi connectivity index (χ0v) is 17.5. The summed E-state index contributed by atoms with van der Waals surface area (Å²) < 4.78 is 5.24. The van der Waals surface area contributed by atoms with E-state index in [0.717, 1.165) is 23.2 Å². The molecule has 0 unspecified atom stereocenters. The van der Waals surface area contributed by atoms with Gasteiger partial charge in [-0.2, -0.15) is 0 Å². The molecular weight excluding hydrogens is 382 g/mol. The first-order valence-electron chi connectivity index (χ1n) is 10.1. The second-order valence-corrected chi connectivity index (χ2v) is 7.70. The van der Waals surface area contributed by atoms with Gasteiger partial charge in [-0.3, -0.25) is 4.79 Å². The van der Waals surface area contributed by atoms with Crippen LogP contribution in [0.15, 0.2) is 48.5 Å². The van der Waals surface area contributed by atoms with Crippen molar-refractivity contribution in [1.82, 2.24) is 10.6 Å². The van der Waals surface area contributed by atoms with Crippen LogP contribution in [0.3, 0.4) is 0 Å². The van der Waals surface area contributed by atoms with Gasteiger partial charge in [0.2, 0.25) is 0 Å². The Morgan fingerprint density at radius 3 is 2.50 bits per heavy atom. The van der Waals surface area contributed by atoms with Crippen LogP contribution in [0, 0.1) is 0 Å². The number of esters is 1. The van der Waals surface area contributed by atoms with Gasteiger partial charge in [0.25, 0.3) is 5.91 Å². The number of hydrogen-bond donors (Lipinski definition) is 2. The predicted molar refractivity (Wildman–Crippen MR) is 114 cm³/mol. The third-order valence-corrected chi connectivity index (χ3v) is 4.87. The summed E-state index contributed by atoms with van der Waals surface area (Å²) in [6.07, 6.45) is 0.792. The average Bonchev–Trinajstić information content (AvgIpc) is 3.06. The number of nitrogens with one attached hydrogen (secondary N) is 2. The number of benzene rings is 2. The Labute approximate surface area is 176 Å². The molecule has 1 aliphatic rings. The van der Waals surface area contributed by atoms with Crippen LogP contribution in [0.4, 0.5) is 10.5 Å². The number of urea groups is 1. The van der Waals surface area contributed by atoms with Gasteiger partial charge in [-0.15, -0.1) is 0 Å². The fraction of sp³-hybridized carbons (Fsp3) is 0.348. The zero-order valence-electron chi connectivity index (χ0n) is 17.5. The van der Waals surface area contributed by atoms with Gasteiger partial charge in [-0.05, 0) is 56.5 Å². The van der Waals surface area contributed by atoms with E-state index in [4.69, 9.17) is 4.74 Å². The van der Waals surface area contributed by atoms with Gasteiger partial charge in [0, 0.05) is 24.3 Å². The van der Waals surface area contributed by atoms with Crippen LogP contribution in [0.5, 0.6) is 0 Å². The molecule has 0 aromatic heterocycles. The quantitative estimate of drug-likeness (QED) is 0.718. The molecule has 0 saturated heterocycles. The lowest BCUT2D eigenvalue weighted by Crippen LogP contribution is -2.39. The second kappa shape index (κ2) is 9.43. The van der Waals surface area contributed by atoms with E-state index in [0.29, 0.717) is 12.1 Å². The Morgan fingerprint density at radius 2 is 1.80 bits per heavy atom. The number of ether oxygens (including phenoxy) is 1. The first kappa shape index (κ1) is 21.4. The Morgan fingerprint density at radius 1 is 1.10 bits per heavy atom. The molecule has 1 heterocycles. The topological polar surface area (TPSA) is 87.7 Å². The molecule has 1 aliphatic heterocycles. The maximum Gasteiger partial charge on any atom is 0.338 e. The van der Waals surface area contributed by atoms with Crippen molar-refractivity contribution in [3.8, 4) is 0 Å². The molecule has 3 rings (SSSR count). The smallest absolute Gasteiger partial charge is 0.338 e. The van der Waals surface area contributed by atoms with Gasteiger partial charge in [0.05, 0.1) is 5.56 Å². The number of carbonyl (C=O) groups is 3. The summed E-state index contributed by atoms with van der Waals surface area (Å²) in [6.45, 7) is 5.78. The Balaban J connectivity index is 1.51.